The van der Waals surface area contributed by atoms with Gasteiger partial charge in [-0.1, -0.05) is 23.9 Å². The van der Waals surface area contributed by atoms with E-state index < -0.39 is 0 Å². The molecule has 2 aromatic heterocycles. The van der Waals surface area contributed by atoms with Crippen LogP contribution in [-0.4, -0.2) is 50.6 Å². The number of imidazole rings is 1. The molecular weight excluding hydrogens is 470 g/mol. The second kappa shape index (κ2) is 9.48. The molecule has 2 aromatic carbocycles. The van der Waals surface area contributed by atoms with Crippen LogP contribution < -0.4 is 16.0 Å². The van der Waals surface area contributed by atoms with Gasteiger partial charge in [0.2, 0.25) is 5.95 Å². The first kappa shape index (κ1) is 22.9. The van der Waals surface area contributed by atoms with Crippen molar-refractivity contribution in [3.05, 3.63) is 60.8 Å². The van der Waals surface area contributed by atoms with E-state index in [4.69, 9.17) is 20.4 Å². The maximum Gasteiger partial charge on any atom is 0.227 e. The van der Waals surface area contributed by atoms with E-state index >= 15 is 0 Å². The van der Waals surface area contributed by atoms with Crippen LogP contribution in [0.4, 0.5) is 23.0 Å². The van der Waals surface area contributed by atoms with Gasteiger partial charge in [0, 0.05) is 54.2 Å². The Balaban J connectivity index is 1.27. The lowest BCUT2D eigenvalue weighted by molar-refractivity contribution is -0.00521. The number of rotatable bonds is 5. The molecule has 1 saturated heterocycles. The van der Waals surface area contributed by atoms with Crippen molar-refractivity contribution >= 4 is 34.8 Å². The predicted molar refractivity (Wildman–Crippen MR) is 146 cm³/mol. The van der Waals surface area contributed by atoms with E-state index in [0.29, 0.717) is 11.6 Å². The molecule has 2 atom stereocenters. The maximum atomic E-state index is 6.07. The van der Waals surface area contributed by atoms with Crippen LogP contribution in [0.3, 0.4) is 0 Å². The van der Waals surface area contributed by atoms with E-state index in [9.17, 15) is 0 Å². The third-order valence-corrected chi connectivity index (χ3v) is 7.40. The molecule has 36 heavy (non-hydrogen) atoms. The number of nitrogens with one attached hydrogen (secondary N) is 1. The summed E-state index contributed by atoms with van der Waals surface area (Å²) in [6.07, 6.45) is 2.24. The summed E-state index contributed by atoms with van der Waals surface area (Å²) in [5.41, 5.74) is 12.6. The minimum absolute atomic E-state index is 0.225. The van der Waals surface area contributed by atoms with Crippen molar-refractivity contribution in [2.45, 2.75) is 37.8 Å². The second-order valence-electron chi connectivity index (χ2n) is 9.32. The lowest BCUT2D eigenvalue weighted by Gasteiger charge is -2.36. The molecule has 8 nitrogen and oxygen atoms in total. The number of ether oxygens (including phenoxy) is 1. The SMILES string of the molecule is C[C@@H]1CN(c2ccc(Nc3nccc(-c4c(-c5cccc(N)c5)nc5n4CCS5)n3)cc2)C[C@H](C)O1. The summed E-state index contributed by atoms with van der Waals surface area (Å²) in [5.74, 6) is 1.56. The molecule has 4 aromatic rings. The van der Waals surface area contributed by atoms with E-state index in [0.717, 1.165) is 58.9 Å². The van der Waals surface area contributed by atoms with Crippen molar-refractivity contribution in [1.29, 1.82) is 0 Å². The largest absolute Gasteiger partial charge is 0.399 e. The lowest BCUT2D eigenvalue weighted by atomic mass is 10.1. The Hall–Kier alpha value is -3.56. The van der Waals surface area contributed by atoms with Gasteiger partial charge in [0.1, 0.15) is 0 Å². The third-order valence-electron chi connectivity index (χ3n) is 6.45. The molecule has 6 rings (SSSR count). The first-order valence-electron chi connectivity index (χ1n) is 12.2. The summed E-state index contributed by atoms with van der Waals surface area (Å²) in [5, 5.41) is 4.38. The van der Waals surface area contributed by atoms with Gasteiger partial charge < -0.3 is 25.3 Å². The molecule has 3 N–H and O–H groups in total. The van der Waals surface area contributed by atoms with Gasteiger partial charge in [0.15, 0.2) is 5.16 Å². The number of aromatic nitrogens is 4. The quantitative estimate of drug-likeness (QED) is 0.368. The monoisotopic (exact) mass is 499 g/mol. The highest BCUT2D eigenvalue weighted by atomic mass is 32.2. The molecule has 2 aliphatic rings. The maximum absolute atomic E-state index is 6.07. The standard InChI is InChI=1S/C27H29N7OS/c1-17-15-33(16-18(2)35-17)22-8-6-21(7-9-22)30-26-29-11-10-23(31-26)25-24(19-4-3-5-20(28)14-19)32-27-34(25)12-13-36-27/h3-11,14,17-18H,12-13,15-16,28H2,1-2H3,(H,29,30,31)/t17-,18+. The molecule has 0 radical (unpaired) electrons. The summed E-state index contributed by atoms with van der Waals surface area (Å²) < 4.78 is 8.11. The Morgan fingerprint density at radius 2 is 1.83 bits per heavy atom. The van der Waals surface area contributed by atoms with Crippen LogP contribution in [0, 0.1) is 0 Å². The van der Waals surface area contributed by atoms with E-state index in [1.807, 2.05) is 30.3 Å². The average molecular weight is 500 g/mol. The molecule has 0 bridgehead atoms. The molecule has 0 aliphatic carbocycles. The summed E-state index contributed by atoms with van der Waals surface area (Å²) in [6, 6.07) is 18.2. The van der Waals surface area contributed by atoms with Crippen LogP contribution >= 0.6 is 11.8 Å². The minimum atomic E-state index is 0.225. The molecule has 0 spiro atoms. The fourth-order valence-corrected chi connectivity index (χ4v) is 5.90. The smallest absolute Gasteiger partial charge is 0.227 e. The first-order valence-corrected chi connectivity index (χ1v) is 13.2. The Labute approximate surface area is 214 Å². The van der Waals surface area contributed by atoms with Gasteiger partial charge in [-0.3, -0.25) is 0 Å². The van der Waals surface area contributed by atoms with Crippen molar-refractivity contribution < 1.29 is 4.74 Å². The number of fused-ring (bicyclic) bond motifs is 1. The second-order valence-corrected chi connectivity index (χ2v) is 10.4. The minimum Gasteiger partial charge on any atom is -0.399 e. The number of hydrogen-bond acceptors (Lipinski definition) is 8. The topological polar surface area (TPSA) is 94.1 Å². The van der Waals surface area contributed by atoms with Crippen LogP contribution in [0.25, 0.3) is 22.6 Å². The van der Waals surface area contributed by atoms with Gasteiger partial charge in [0.25, 0.3) is 0 Å². The highest BCUT2D eigenvalue weighted by molar-refractivity contribution is 7.99. The Morgan fingerprint density at radius 3 is 2.61 bits per heavy atom. The van der Waals surface area contributed by atoms with Gasteiger partial charge >= 0.3 is 0 Å². The van der Waals surface area contributed by atoms with E-state index in [-0.39, 0.29) is 12.2 Å². The number of benzene rings is 2. The normalized spacial score (nSPS) is 19.3. The highest BCUT2D eigenvalue weighted by Gasteiger charge is 2.25. The molecule has 2 aliphatic heterocycles. The molecule has 0 unspecified atom stereocenters. The van der Waals surface area contributed by atoms with Gasteiger partial charge in [-0.2, -0.15) is 0 Å². The molecule has 184 valence electrons. The van der Waals surface area contributed by atoms with Crippen molar-refractivity contribution in [2.75, 3.05) is 34.8 Å². The number of hydrogen-bond donors (Lipinski definition) is 2. The highest BCUT2D eigenvalue weighted by Crippen LogP contribution is 2.39. The van der Waals surface area contributed by atoms with Gasteiger partial charge in [-0.25, -0.2) is 15.0 Å². The fraction of sp³-hybridized carbons (Fsp3) is 0.296. The molecular formula is C27H29N7OS. The van der Waals surface area contributed by atoms with E-state index in [1.165, 1.54) is 5.69 Å². The van der Waals surface area contributed by atoms with Crippen LogP contribution in [0.5, 0.6) is 0 Å². The van der Waals surface area contributed by atoms with Crippen LogP contribution in [0.2, 0.25) is 0 Å². The van der Waals surface area contributed by atoms with Crippen molar-refractivity contribution in [1.82, 2.24) is 19.5 Å². The van der Waals surface area contributed by atoms with E-state index in [2.05, 4.69) is 57.9 Å². The summed E-state index contributed by atoms with van der Waals surface area (Å²) in [7, 11) is 0. The molecule has 4 heterocycles. The number of nitrogen functional groups attached to an aromatic ring is 1. The first-order chi connectivity index (χ1) is 17.5. The zero-order valence-electron chi connectivity index (χ0n) is 20.4. The summed E-state index contributed by atoms with van der Waals surface area (Å²) in [6.45, 7) is 6.93. The molecule has 0 amide bonds. The molecule has 9 heteroatoms. The van der Waals surface area contributed by atoms with Crippen molar-refractivity contribution in [3.63, 3.8) is 0 Å². The van der Waals surface area contributed by atoms with Gasteiger partial charge in [-0.15, -0.1) is 0 Å². The van der Waals surface area contributed by atoms with Crippen molar-refractivity contribution in [2.24, 2.45) is 0 Å². The zero-order chi connectivity index (χ0) is 24.6. The van der Waals surface area contributed by atoms with E-state index in [1.54, 1.807) is 18.0 Å². The third kappa shape index (κ3) is 4.52. The van der Waals surface area contributed by atoms with Crippen molar-refractivity contribution in [3.8, 4) is 22.6 Å². The van der Waals surface area contributed by atoms with Crippen LogP contribution in [0.1, 0.15) is 13.8 Å². The number of morpholine rings is 1. The Bertz CT molecular complexity index is 1380. The summed E-state index contributed by atoms with van der Waals surface area (Å²) >= 11 is 1.77. The molecule has 0 saturated carbocycles. The van der Waals surface area contributed by atoms with Crippen LogP contribution in [-0.2, 0) is 11.3 Å². The Morgan fingerprint density at radius 1 is 1.03 bits per heavy atom. The predicted octanol–water partition coefficient (Wildman–Crippen LogP) is 5.05. The number of nitrogens with two attached hydrogens (primary N) is 1. The van der Waals surface area contributed by atoms with Crippen LogP contribution in [0.15, 0.2) is 66.0 Å². The zero-order valence-corrected chi connectivity index (χ0v) is 21.2. The fourth-order valence-electron chi connectivity index (χ4n) is 4.95. The summed E-state index contributed by atoms with van der Waals surface area (Å²) in [4.78, 5) is 16.7. The van der Waals surface area contributed by atoms with Gasteiger partial charge in [0.05, 0.1) is 29.3 Å². The van der Waals surface area contributed by atoms with Gasteiger partial charge in [-0.05, 0) is 56.3 Å². The number of nitrogens with zero attached hydrogens (tertiary/aromatic N) is 5. The number of thioether (sulfide) groups is 1. The lowest BCUT2D eigenvalue weighted by Crippen LogP contribution is -2.45. The molecule has 1 fully saturated rings. The Kier molecular flexibility index (Phi) is 6.02. The average Bonchev–Trinajstić information content (AvgIpc) is 3.46. The number of anilines is 4.